The molecule has 0 aliphatic rings. The van der Waals surface area contributed by atoms with Crippen LogP contribution in [0.5, 0.6) is 0 Å². The number of halogens is 2. The fourth-order valence-electron chi connectivity index (χ4n) is 1.74. The maximum Gasteiger partial charge on any atom is 0.247 e. The first-order valence-corrected chi connectivity index (χ1v) is 6.58. The number of rotatable bonds is 6. The van der Waals surface area contributed by atoms with Crippen LogP contribution in [-0.2, 0) is 9.59 Å². The largest absolute Gasteiger partial charge is 0.340 e. The average Bonchev–Trinajstić information content (AvgIpc) is 2.97. The molecule has 128 valence electrons. The molecule has 9 heteroatoms. The van der Waals surface area contributed by atoms with E-state index in [4.69, 9.17) is 5.73 Å². The zero-order valence-electron chi connectivity index (χ0n) is 13.3. The van der Waals surface area contributed by atoms with Crippen molar-refractivity contribution in [2.75, 3.05) is 27.2 Å². The fraction of sp³-hybridized carbons (Fsp3) is 0.615. The molecule has 0 aliphatic carbocycles. The molecule has 0 saturated heterocycles. The van der Waals surface area contributed by atoms with Gasteiger partial charge in [0, 0.05) is 39.1 Å². The molecule has 1 aromatic heterocycles. The van der Waals surface area contributed by atoms with E-state index in [0.717, 1.165) is 0 Å². The van der Waals surface area contributed by atoms with Crippen molar-refractivity contribution in [2.24, 2.45) is 5.73 Å². The van der Waals surface area contributed by atoms with E-state index in [1.807, 2.05) is 6.92 Å². The molecule has 7 nitrogen and oxygen atoms in total. The Kier molecular flexibility index (Phi) is 10.9. The summed E-state index contributed by atoms with van der Waals surface area (Å²) in [6.07, 6.45) is 3.34. The Morgan fingerprint density at radius 2 is 1.86 bits per heavy atom. The van der Waals surface area contributed by atoms with Crippen molar-refractivity contribution >= 4 is 36.6 Å². The summed E-state index contributed by atoms with van der Waals surface area (Å²) < 4.78 is 1.57. The van der Waals surface area contributed by atoms with Crippen LogP contribution in [0.25, 0.3) is 0 Å². The molecule has 0 bridgehead atoms. The van der Waals surface area contributed by atoms with Crippen molar-refractivity contribution in [1.82, 2.24) is 19.6 Å². The lowest BCUT2D eigenvalue weighted by atomic mass is 10.2. The lowest BCUT2D eigenvalue weighted by molar-refractivity contribution is -0.141. The lowest BCUT2D eigenvalue weighted by Gasteiger charge is -2.27. The number of hydrogen-bond donors (Lipinski definition) is 1. The van der Waals surface area contributed by atoms with Crippen molar-refractivity contribution < 1.29 is 9.59 Å². The number of aromatic nitrogens is 2. The van der Waals surface area contributed by atoms with E-state index in [1.165, 1.54) is 4.90 Å². The monoisotopic (exact) mass is 353 g/mol. The summed E-state index contributed by atoms with van der Waals surface area (Å²) in [6.45, 7) is 4.05. The minimum atomic E-state index is -0.431. The molecule has 2 amide bonds. The minimum Gasteiger partial charge on any atom is -0.340 e. The molecule has 1 rings (SSSR count). The second kappa shape index (κ2) is 10.4. The predicted molar refractivity (Wildman–Crippen MR) is 90.4 cm³/mol. The fourth-order valence-corrected chi connectivity index (χ4v) is 1.74. The van der Waals surface area contributed by atoms with Gasteiger partial charge in [-0.05, 0) is 19.9 Å². The highest BCUT2D eigenvalue weighted by Crippen LogP contribution is 2.07. The van der Waals surface area contributed by atoms with Gasteiger partial charge in [-0.25, -0.2) is 0 Å². The van der Waals surface area contributed by atoms with Gasteiger partial charge in [0.05, 0.1) is 6.54 Å². The highest BCUT2D eigenvalue weighted by atomic mass is 35.5. The quantitative estimate of drug-likeness (QED) is 0.809. The summed E-state index contributed by atoms with van der Waals surface area (Å²) in [5.74, 6) is -0.290. The summed E-state index contributed by atoms with van der Waals surface area (Å²) in [4.78, 5) is 27.2. The van der Waals surface area contributed by atoms with Gasteiger partial charge in [0.15, 0.2) is 0 Å². The Bertz CT molecular complexity index is 455. The zero-order chi connectivity index (χ0) is 15.3. The van der Waals surface area contributed by atoms with Crippen molar-refractivity contribution in [3.8, 4) is 0 Å². The van der Waals surface area contributed by atoms with Crippen molar-refractivity contribution in [3.05, 3.63) is 18.5 Å². The third kappa shape index (κ3) is 5.82. The molecule has 0 spiro atoms. The normalized spacial score (nSPS) is 12.4. The number of nitrogens with zero attached hydrogens (tertiary/aromatic N) is 4. The third-order valence-electron chi connectivity index (χ3n) is 3.42. The van der Waals surface area contributed by atoms with Gasteiger partial charge >= 0.3 is 0 Å². The van der Waals surface area contributed by atoms with Crippen LogP contribution < -0.4 is 5.73 Å². The highest BCUT2D eigenvalue weighted by Gasteiger charge is 2.23. The number of likely N-dealkylation sites (N-methyl/N-ethyl adjacent to an activating group) is 2. The van der Waals surface area contributed by atoms with Gasteiger partial charge in [0.1, 0.15) is 6.04 Å². The van der Waals surface area contributed by atoms with Gasteiger partial charge in [0.25, 0.3) is 0 Å². The average molecular weight is 354 g/mol. The van der Waals surface area contributed by atoms with Crippen LogP contribution in [0.1, 0.15) is 19.9 Å². The summed E-state index contributed by atoms with van der Waals surface area (Å²) >= 11 is 0. The van der Waals surface area contributed by atoms with Crippen LogP contribution in [0.3, 0.4) is 0 Å². The molecule has 0 aliphatic heterocycles. The van der Waals surface area contributed by atoms with E-state index < -0.39 is 6.04 Å². The minimum absolute atomic E-state index is 0. The molecule has 2 N–H and O–H groups in total. The van der Waals surface area contributed by atoms with Crippen molar-refractivity contribution in [2.45, 2.75) is 25.9 Å². The van der Waals surface area contributed by atoms with Crippen LogP contribution in [-0.4, -0.2) is 64.6 Å². The summed E-state index contributed by atoms with van der Waals surface area (Å²) in [5.41, 5.74) is 5.53. The van der Waals surface area contributed by atoms with E-state index in [9.17, 15) is 9.59 Å². The first-order chi connectivity index (χ1) is 9.38. The molecular formula is C13H25Cl2N5O2. The van der Waals surface area contributed by atoms with E-state index in [0.29, 0.717) is 6.54 Å². The number of amides is 2. The van der Waals surface area contributed by atoms with E-state index in [2.05, 4.69) is 5.10 Å². The van der Waals surface area contributed by atoms with E-state index >= 15 is 0 Å². The van der Waals surface area contributed by atoms with Crippen LogP contribution >= 0.6 is 24.8 Å². The van der Waals surface area contributed by atoms with Gasteiger partial charge in [-0.2, -0.15) is 5.10 Å². The molecule has 0 fully saturated rings. The van der Waals surface area contributed by atoms with Crippen LogP contribution in [0, 0.1) is 0 Å². The Morgan fingerprint density at radius 3 is 2.32 bits per heavy atom. The molecule has 0 radical (unpaired) electrons. The first-order valence-electron chi connectivity index (χ1n) is 6.58. The summed E-state index contributed by atoms with van der Waals surface area (Å²) in [6, 6.07) is 1.28. The number of carbonyl (C=O) groups is 2. The van der Waals surface area contributed by atoms with Crippen molar-refractivity contribution in [1.29, 1.82) is 0 Å². The second-order valence-electron chi connectivity index (χ2n) is 4.95. The maximum atomic E-state index is 12.2. The molecule has 2 atom stereocenters. The van der Waals surface area contributed by atoms with Gasteiger partial charge in [-0.3, -0.25) is 14.3 Å². The standard InChI is InChI=1S/C13H23N5O2.2ClH/c1-10(8-14)17(4)12(19)9-16(3)13(20)11(2)18-7-5-6-15-18;;/h5-7,10-11H,8-9,14H2,1-4H3;2*1H. The van der Waals surface area contributed by atoms with E-state index in [1.54, 1.807) is 49.1 Å². The van der Waals surface area contributed by atoms with Gasteiger partial charge < -0.3 is 15.5 Å². The molecule has 0 aromatic carbocycles. The van der Waals surface area contributed by atoms with Crippen LogP contribution in [0.2, 0.25) is 0 Å². The second-order valence-corrected chi connectivity index (χ2v) is 4.95. The van der Waals surface area contributed by atoms with Gasteiger partial charge in [-0.1, -0.05) is 0 Å². The molecule has 1 aromatic rings. The van der Waals surface area contributed by atoms with Gasteiger partial charge in [-0.15, -0.1) is 24.8 Å². The Balaban J connectivity index is 0. The molecule has 22 heavy (non-hydrogen) atoms. The Labute approximate surface area is 143 Å². The molecule has 0 saturated carbocycles. The Morgan fingerprint density at radius 1 is 1.27 bits per heavy atom. The Hall–Kier alpha value is -1.31. The van der Waals surface area contributed by atoms with Gasteiger partial charge in [0.2, 0.25) is 11.8 Å². The van der Waals surface area contributed by atoms with Crippen molar-refractivity contribution in [3.63, 3.8) is 0 Å². The topological polar surface area (TPSA) is 84.5 Å². The van der Waals surface area contributed by atoms with E-state index in [-0.39, 0.29) is 49.2 Å². The maximum absolute atomic E-state index is 12.2. The number of carbonyl (C=O) groups excluding carboxylic acids is 2. The highest BCUT2D eigenvalue weighted by molar-refractivity contribution is 5.86. The number of nitrogens with two attached hydrogens (primary N) is 1. The molecule has 2 unspecified atom stereocenters. The molecule has 1 heterocycles. The first kappa shape index (κ1) is 23.0. The predicted octanol–water partition coefficient (Wildman–Crippen LogP) is 0.552. The number of hydrogen-bond acceptors (Lipinski definition) is 4. The lowest BCUT2D eigenvalue weighted by Crippen LogP contribution is -2.46. The van der Waals surface area contributed by atoms with Crippen LogP contribution in [0.15, 0.2) is 18.5 Å². The zero-order valence-corrected chi connectivity index (χ0v) is 14.9. The smallest absolute Gasteiger partial charge is 0.247 e. The SMILES string of the molecule is CC(CN)N(C)C(=O)CN(C)C(=O)C(C)n1cccn1.Cl.Cl. The molecular weight excluding hydrogens is 329 g/mol. The summed E-state index contributed by atoms with van der Waals surface area (Å²) in [5, 5.41) is 4.03. The summed E-state index contributed by atoms with van der Waals surface area (Å²) in [7, 11) is 3.30. The third-order valence-corrected chi connectivity index (χ3v) is 3.42. The van der Waals surface area contributed by atoms with Crippen LogP contribution in [0.4, 0.5) is 0 Å².